The molecule has 0 bridgehead atoms. The lowest BCUT2D eigenvalue weighted by atomic mass is 10.1. The summed E-state index contributed by atoms with van der Waals surface area (Å²) in [7, 11) is -3.49. The number of rotatable bonds is 10. The van der Waals surface area contributed by atoms with Crippen LogP contribution in [0.3, 0.4) is 0 Å². The summed E-state index contributed by atoms with van der Waals surface area (Å²) in [6.45, 7) is 2.77. The zero-order valence-corrected chi connectivity index (χ0v) is 20.1. The van der Waals surface area contributed by atoms with E-state index in [9.17, 15) is 18.0 Å². The van der Waals surface area contributed by atoms with Crippen molar-refractivity contribution >= 4 is 33.2 Å². The SMILES string of the molecule is CCCCNC(=O)c1ccccc1NC(=O)c1ccc(CN(c2ccccc2)S(C)(=O)=O)cc1. The lowest BCUT2D eigenvalue weighted by Crippen LogP contribution is -2.29. The second-order valence-electron chi connectivity index (χ2n) is 7.91. The van der Waals surface area contributed by atoms with Crippen LogP contribution in [0.15, 0.2) is 78.9 Å². The molecule has 0 aliphatic rings. The van der Waals surface area contributed by atoms with Crippen LogP contribution >= 0.6 is 0 Å². The van der Waals surface area contributed by atoms with Crippen LogP contribution in [0.1, 0.15) is 46.0 Å². The second kappa shape index (κ2) is 11.5. The van der Waals surface area contributed by atoms with E-state index < -0.39 is 10.0 Å². The summed E-state index contributed by atoms with van der Waals surface area (Å²) in [5.41, 5.74) is 2.53. The Bertz CT molecular complexity index is 1230. The molecule has 0 heterocycles. The number of carbonyl (C=O) groups excluding carboxylic acids is 2. The minimum Gasteiger partial charge on any atom is -0.352 e. The first-order valence-electron chi connectivity index (χ1n) is 11.1. The number of para-hydroxylation sites is 2. The predicted octanol–water partition coefficient (Wildman–Crippen LogP) is 4.44. The van der Waals surface area contributed by atoms with E-state index in [-0.39, 0.29) is 18.4 Å². The molecule has 0 radical (unpaired) electrons. The summed E-state index contributed by atoms with van der Waals surface area (Å²) >= 11 is 0. The van der Waals surface area contributed by atoms with Crippen LogP contribution in [-0.4, -0.2) is 33.0 Å². The van der Waals surface area contributed by atoms with Gasteiger partial charge in [-0.15, -0.1) is 0 Å². The predicted molar refractivity (Wildman–Crippen MR) is 136 cm³/mol. The number of unbranched alkanes of at least 4 members (excludes halogenated alkanes) is 1. The molecule has 0 aromatic heterocycles. The summed E-state index contributed by atoms with van der Waals surface area (Å²) in [4.78, 5) is 25.3. The molecule has 0 saturated heterocycles. The minimum atomic E-state index is -3.49. The summed E-state index contributed by atoms with van der Waals surface area (Å²) < 4.78 is 25.9. The van der Waals surface area contributed by atoms with Crippen LogP contribution in [0.5, 0.6) is 0 Å². The molecule has 0 saturated carbocycles. The number of carbonyl (C=O) groups is 2. The monoisotopic (exact) mass is 479 g/mol. The van der Waals surface area contributed by atoms with Crippen molar-refractivity contribution < 1.29 is 18.0 Å². The van der Waals surface area contributed by atoms with Crippen LogP contribution in [0, 0.1) is 0 Å². The number of sulfonamides is 1. The van der Waals surface area contributed by atoms with Crippen molar-refractivity contribution in [2.75, 3.05) is 22.4 Å². The number of nitrogens with zero attached hydrogens (tertiary/aromatic N) is 1. The van der Waals surface area contributed by atoms with Crippen molar-refractivity contribution in [1.82, 2.24) is 5.32 Å². The molecule has 7 nitrogen and oxygen atoms in total. The Morgan fingerprint density at radius 3 is 2.15 bits per heavy atom. The third-order valence-corrected chi connectivity index (χ3v) is 6.36. The van der Waals surface area contributed by atoms with Gasteiger partial charge in [-0.05, 0) is 48.4 Å². The average Bonchev–Trinajstić information content (AvgIpc) is 2.83. The third kappa shape index (κ3) is 6.68. The molecule has 0 atom stereocenters. The highest BCUT2D eigenvalue weighted by Crippen LogP contribution is 2.21. The van der Waals surface area contributed by atoms with Gasteiger partial charge in [-0.1, -0.05) is 55.8 Å². The first-order chi connectivity index (χ1) is 16.3. The van der Waals surface area contributed by atoms with E-state index in [1.165, 1.54) is 4.31 Å². The fourth-order valence-corrected chi connectivity index (χ4v) is 4.27. The molecule has 2 amide bonds. The fraction of sp³-hybridized carbons (Fsp3) is 0.231. The van der Waals surface area contributed by atoms with Crippen molar-refractivity contribution in [3.05, 3.63) is 95.6 Å². The van der Waals surface area contributed by atoms with Crippen molar-refractivity contribution in [2.24, 2.45) is 0 Å². The highest BCUT2D eigenvalue weighted by molar-refractivity contribution is 7.92. The Kier molecular flexibility index (Phi) is 8.43. The van der Waals surface area contributed by atoms with Crippen LogP contribution in [0.4, 0.5) is 11.4 Å². The Morgan fingerprint density at radius 2 is 1.50 bits per heavy atom. The molecule has 2 N–H and O–H groups in total. The number of amides is 2. The Balaban J connectivity index is 1.72. The van der Waals surface area contributed by atoms with E-state index in [2.05, 4.69) is 10.6 Å². The van der Waals surface area contributed by atoms with Gasteiger partial charge in [0, 0.05) is 12.1 Å². The fourth-order valence-electron chi connectivity index (χ4n) is 3.38. The smallest absolute Gasteiger partial charge is 0.255 e. The van der Waals surface area contributed by atoms with Gasteiger partial charge in [0.25, 0.3) is 11.8 Å². The summed E-state index contributed by atoms with van der Waals surface area (Å²) in [6.07, 6.45) is 3.02. The average molecular weight is 480 g/mol. The number of benzene rings is 3. The van der Waals surface area contributed by atoms with Gasteiger partial charge in [0.05, 0.1) is 29.7 Å². The molecule has 0 spiro atoms. The van der Waals surface area contributed by atoms with Gasteiger partial charge >= 0.3 is 0 Å². The van der Waals surface area contributed by atoms with Gasteiger partial charge in [-0.25, -0.2) is 8.42 Å². The van der Waals surface area contributed by atoms with E-state index >= 15 is 0 Å². The maximum Gasteiger partial charge on any atom is 0.255 e. The van der Waals surface area contributed by atoms with Crippen molar-refractivity contribution in [3.63, 3.8) is 0 Å². The molecule has 3 aromatic rings. The number of hydrogen-bond acceptors (Lipinski definition) is 4. The van der Waals surface area contributed by atoms with Gasteiger partial charge in [0.2, 0.25) is 10.0 Å². The normalized spacial score (nSPS) is 11.0. The van der Waals surface area contributed by atoms with E-state index in [0.29, 0.717) is 29.0 Å². The summed E-state index contributed by atoms with van der Waals surface area (Å²) in [5.74, 6) is -0.593. The molecule has 3 aromatic carbocycles. The van der Waals surface area contributed by atoms with Crippen molar-refractivity contribution in [3.8, 4) is 0 Å². The maximum atomic E-state index is 12.8. The summed E-state index contributed by atoms with van der Waals surface area (Å²) in [5, 5.41) is 5.66. The lowest BCUT2D eigenvalue weighted by molar-refractivity contribution is 0.0954. The molecule has 8 heteroatoms. The highest BCUT2D eigenvalue weighted by atomic mass is 32.2. The first-order valence-corrected chi connectivity index (χ1v) is 12.9. The minimum absolute atomic E-state index is 0.144. The Hall–Kier alpha value is -3.65. The largest absolute Gasteiger partial charge is 0.352 e. The number of hydrogen-bond donors (Lipinski definition) is 2. The molecule has 3 rings (SSSR count). The van der Waals surface area contributed by atoms with Crippen LogP contribution < -0.4 is 14.9 Å². The molecule has 0 aliphatic carbocycles. The van der Waals surface area contributed by atoms with E-state index in [0.717, 1.165) is 24.7 Å². The number of nitrogens with one attached hydrogen (secondary N) is 2. The molecular formula is C26H29N3O4S. The molecule has 0 unspecified atom stereocenters. The maximum absolute atomic E-state index is 12.8. The first kappa shape index (κ1) is 25.0. The second-order valence-corrected chi connectivity index (χ2v) is 9.82. The summed E-state index contributed by atoms with van der Waals surface area (Å²) in [6, 6.07) is 22.4. The quantitative estimate of drug-likeness (QED) is 0.421. The molecule has 178 valence electrons. The van der Waals surface area contributed by atoms with Gasteiger partial charge in [-0.2, -0.15) is 0 Å². The van der Waals surface area contributed by atoms with E-state index in [4.69, 9.17) is 0 Å². The van der Waals surface area contributed by atoms with Crippen molar-refractivity contribution in [2.45, 2.75) is 26.3 Å². The number of anilines is 2. The topological polar surface area (TPSA) is 95.6 Å². The van der Waals surface area contributed by atoms with Gasteiger partial charge in [0.15, 0.2) is 0 Å². The van der Waals surface area contributed by atoms with Gasteiger partial charge < -0.3 is 10.6 Å². The molecule has 34 heavy (non-hydrogen) atoms. The Morgan fingerprint density at radius 1 is 0.853 bits per heavy atom. The van der Waals surface area contributed by atoms with Crippen LogP contribution in [-0.2, 0) is 16.6 Å². The van der Waals surface area contributed by atoms with Crippen LogP contribution in [0.2, 0.25) is 0 Å². The standard InChI is InChI=1S/C26H29N3O4S/c1-3-4-18-27-26(31)23-12-8-9-13-24(23)28-25(30)21-16-14-20(15-17-21)19-29(34(2,32)33)22-10-6-5-7-11-22/h5-17H,3-4,18-19H2,1-2H3,(H,27,31)(H,28,30). The van der Waals surface area contributed by atoms with Crippen LogP contribution in [0.25, 0.3) is 0 Å². The highest BCUT2D eigenvalue weighted by Gasteiger charge is 2.18. The molecule has 0 fully saturated rings. The van der Waals surface area contributed by atoms with E-state index in [1.807, 2.05) is 13.0 Å². The lowest BCUT2D eigenvalue weighted by Gasteiger charge is -2.22. The third-order valence-electron chi connectivity index (χ3n) is 5.22. The van der Waals surface area contributed by atoms with Gasteiger partial charge in [0.1, 0.15) is 0 Å². The zero-order chi connectivity index (χ0) is 24.6. The molecular weight excluding hydrogens is 450 g/mol. The molecule has 0 aliphatic heterocycles. The Labute approximate surface area is 200 Å². The van der Waals surface area contributed by atoms with Gasteiger partial charge in [-0.3, -0.25) is 13.9 Å². The zero-order valence-electron chi connectivity index (χ0n) is 19.3. The van der Waals surface area contributed by atoms with E-state index in [1.54, 1.807) is 72.8 Å². The van der Waals surface area contributed by atoms with Crippen molar-refractivity contribution in [1.29, 1.82) is 0 Å².